The number of amides is 1. The lowest BCUT2D eigenvalue weighted by Crippen LogP contribution is -2.14. The van der Waals surface area contributed by atoms with Crippen LogP contribution in [0.1, 0.15) is 5.56 Å². The molecular formula is C19H16N4OS2. The van der Waals surface area contributed by atoms with Gasteiger partial charge in [-0.1, -0.05) is 36.0 Å². The molecule has 1 amide bonds. The monoisotopic (exact) mass is 380 g/mol. The number of thiazole rings is 1. The fourth-order valence-electron chi connectivity index (χ4n) is 2.51. The van der Waals surface area contributed by atoms with Gasteiger partial charge in [0.15, 0.2) is 4.34 Å². The predicted octanol–water partition coefficient (Wildman–Crippen LogP) is 4.27. The van der Waals surface area contributed by atoms with Crippen molar-refractivity contribution in [3.05, 3.63) is 72.6 Å². The topological polar surface area (TPSA) is 59.8 Å². The van der Waals surface area contributed by atoms with E-state index < -0.39 is 0 Å². The zero-order chi connectivity index (χ0) is 17.8. The quantitative estimate of drug-likeness (QED) is 0.508. The van der Waals surface area contributed by atoms with Gasteiger partial charge in [0.25, 0.3) is 0 Å². The summed E-state index contributed by atoms with van der Waals surface area (Å²) in [5.74, 6) is 0.309. The summed E-state index contributed by atoms with van der Waals surface area (Å²) in [7, 11) is 0. The lowest BCUT2D eigenvalue weighted by molar-refractivity contribution is -0.113. The smallest absolute Gasteiger partial charge is 0.234 e. The Balaban J connectivity index is 1.31. The van der Waals surface area contributed by atoms with Crippen molar-refractivity contribution in [1.29, 1.82) is 0 Å². The minimum atomic E-state index is -0.0333. The van der Waals surface area contributed by atoms with Gasteiger partial charge in [0.05, 0.1) is 22.5 Å². The molecule has 0 aliphatic carbocycles. The first kappa shape index (κ1) is 16.8. The van der Waals surface area contributed by atoms with Crippen LogP contribution >= 0.6 is 23.1 Å². The van der Waals surface area contributed by atoms with E-state index >= 15 is 0 Å². The molecule has 0 unspecified atom stereocenters. The summed E-state index contributed by atoms with van der Waals surface area (Å²) < 4.78 is 3.92. The first-order valence-corrected chi connectivity index (χ1v) is 9.91. The molecule has 0 aliphatic heterocycles. The zero-order valence-corrected chi connectivity index (χ0v) is 15.5. The van der Waals surface area contributed by atoms with Gasteiger partial charge in [0.1, 0.15) is 0 Å². The van der Waals surface area contributed by atoms with Crippen molar-refractivity contribution < 1.29 is 4.79 Å². The number of nitrogens with zero attached hydrogens (tertiary/aromatic N) is 3. The number of benzene rings is 2. The molecule has 0 spiro atoms. The molecule has 0 aliphatic rings. The van der Waals surface area contributed by atoms with Crippen molar-refractivity contribution in [1.82, 2.24) is 14.8 Å². The Morgan fingerprint density at radius 1 is 1.12 bits per heavy atom. The molecule has 2 heterocycles. The van der Waals surface area contributed by atoms with Gasteiger partial charge in [-0.25, -0.2) is 4.98 Å². The van der Waals surface area contributed by atoms with E-state index in [1.807, 2.05) is 65.5 Å². The van der Waals surface area contributed by atoms with Gasteiger partial charge in [-0.05, 0) is 35.9 Å². The Kier molecular flexibility index (Phi) is 4.99. The van der Waals surface area contributed by atoms with E-state index in [1.165, 1.54) is 11.8 Å². The summed E-state index contributed by atoms with van der Waals surface area (Å²) >= 11 is 3.08. The molecule has 5 nitrogen and oxygen atoms in total. The van der Waals surface area contributed by atoms with Crippen LogP contribution in [0.5, 0.6) is 0 Å². The molecular weight excluding hydrogens is 364 g/mol. The number of hydrogen-bond acceptors (Lipinski definition) is 5. The van der Waals surface area contributed by atoms with Crippen LogP contribution in [0.2, 0.25) is 0 Å². The van der Waals surface area contributed by atoms with Crippen molar-refractivity contribution in [2.75, 3.05) is 11.1 Å². The van der Waals surface area contributed by atoms with Crippen LogP contribution < -0.4 is 5.32 Å². The maximum atomic E-state index is 12.2. The number of carbonyl (C=O) groups is 1. The number of fused-ring (bicyclic) bond motifs is 1. The normalized spacial score (nSPS) is 10.9. The van der Waals surface area contributed by atoms with Crippen LogP contribution in [0.4, 0.5) is 5.69 Å². The second-order valence-electron chi connectivity index (χ2n) is 5.68. The molecule has 2 aromatic heterocycles. The molecule has 0 atom stereocenters. The van der Waals surface area contributed by atoms with E-state index in [-0.39, 0.29) is 5.91 Å². The van der Waals surface area contributed by atoms with Gasteiger partial charge in [-0.15, -0.1) is 11.3 Å². The summed E-state index contributed by atoms with van der Waals surface area (Å²) in [6.45, 7) is 0.717. The summed E-state index contributed by atoms with van der Waals surface area (Å²) in [5.41, 5.74) is 2.91. The number of para-hydroxylation sites is 1. The second kappa shape index (κ2) is 7.72. The average molecular weight is 380 g/mol. The van der Waals surface area contributed by atoms with Gasteiger partial charge in [0, 0.05) is 18.1 Å². The molecule has 4 rings (SSSR count). The van der Waals surface area contributed by atoms with Crippen molar-refractivity contribution >= 4 is 44.9 Å². The van der Waals surface area contributed by atoms with Crippen LogP contribution in [-0.4, -0.2) is 26.4 Å². The van der Waals surface area contributed by atoms with Crippen molar-refractivity contribution in [3.63, 3.8) is 0 Å². The van der Waals surface area contributed by atoms with E-state index in [0.717, 1.165) is 25.8 Å². The number of thioether (sulfide) groups is 1. The first-order chi connectivity index (χ1) is 12.8. The third-order valence-electron chi connectivity index (χ3n) is 3.74. The Morgan fingerprint density at radius 2 is 1.96 bits per heavy atom. The SMILES string of the molecule is O=C(CSc1nc2ccccc2s1)Nc1ccc(Cn2cccn2)cc1. The number of hydrogen-bond donors (Lipinski definition) is 1. The Morgan fingerprint density at radius 3 is 2.73 bits per heavy atom. The third kappa shape index (κ3) is 4.12. The second-order valence-corrected chi connectivity index (χ2v) is 7.94. The van der Waals surface area contributed by atoms with Crippen LogP contribution in [0, 0.1) is 0 Å². The maximum Gasteiger partial charge on any atom is 0.234 e. The van der Waals surface area contributed by atoms with E-state index in [1.54, 1.807) is 17.5 Å². The lowest BCUT2D eigenvalue weighted by Gasteiger charge is -2.06. The van der Waals surface area contributed by atoms with E-state index in [9.17, 15) is 4.79 Å². The number of aromatic nitrogens is 3. The van der Waals surface area contributed by atoms with Crippen LogP contribution in [0.25, 0.3) is 10.2 Å². The van der Waals surface area contributed by atoms with Gasteiger partial charge < -0.3 is 5.32 Å². The molecule has 4 aromatic rings. The number of anilines is 1. The molecule has 0 radical (unpaired) electrons. The Bertz CT molecular complexity index is 977. The number of rotatable bonds is 6. The van der Waals surface area contributed by atoms with Gasteiger partial charge in [-0.3, -0.25) is 9.48 Å². The molecule has 1 N–H and O–H groups in total. The molecule has 0 saturated heterocycles. The minimum absolute atomic E-state index is 0.0333. The van der Waals surface area contributed by atoms with E-state index in [0.29, 0.717) is 12.3 Å². The van der Waals surface area contributed by atoms with E-state index in [2.05, 4.69) is 15.4 Å². The highest BCUT2D eigenvalue weighted by Gasteiger charge is 2.08. The number of nitrogens with one attached hydrogen (secondary N) is 1. The summed E-state index contributed by atoms with van der Waals surface area (Å²) in [5, 5.41) is 7.12. The molecule has 0 bridgehead atoms. The average Bonchev–Trinajstić information content (AvgIpc) is 3.30. The van der Waals surface area contributed by atoms with Gasteiger partial charge in [-0.2, -0.15) is 5.10 Å². The molecule has 7 heteroatoms. The molecule has 2 aromatic carbocycles. The fourth-order valence-corrected chi connectivity index (χ4v) is 4.38. The van der Waals surface area contributed by atoms with E-state index in [4.69, 9.17) is 0 Å². The number of carbonyl (C=O) groups excluding carboxylic acids is 1. The third-order valence-corrected chi connectivity index (χ3v) is 5.92. The van der Waals surface area contributed by atoms with Gasteiger partial charge in [0.2, 0.25) is 5.91 Å². The standard InChI is InChI=1S/C19H16N4OS2/c24-18(13-25-19-22-16-4-1-2-5-17(16)26-19)21-15-8-6-14(7-9-15)12-23-11-3-10-20-23/h1-11H,12-13H2,(H,21,24). The molecule has 0 fully saturated rings. The molecule has 130 valence electrons. The first-order valence-electron chi connectivity index (χ1n) is 8.11. The fraction of sp³-hybridized carbons (Fsp3) is 0.105. The highest BCUT2D eigenvalue weighted by Crippen LogP contribution is 2.29. The Hall–Kier alpha value is -2.64. The summed E-state index contributed by atoms with van der Waals surface area (Å²) in [6, 6.07) is 17.7. The minimum Gasteiger partial charge on any atom is -0.325 e. The van der Waals surface area contributed by atoms with Crippen molar-refractivity contribution in [2.24, 2.45) is 0 Å². The van der Waals surface area contributed by atoms with Crippen molar-refractivity contribution in [2.45, 2.75) is 10.9 Å². The lowest BCUT2D eigenvalue weighted by atomic mass is 10.2. The maximum absolute atomic E-state index is 12.2. The predicted molar refractivity (Wildman–Crippen MR) is 107 cm³/mol. The van der Waals surface area contributed by atoms with Crippen molar-refractivity contribution in [3.8, 4) is 0 Å². The summed E-state index contributed by atoms with van der Waals surface area (Å²) in [6.07, 6.45) is 3.69. The molecule has 0 saturated carbocycles. The largest absolute Gasteiger partial charge is 0.325 e. The Labute approximate surface area is 159 Å². The molecule has 26 heavy (non-hydrogen) atoms. The zero-order valence-electron chi connectivity index (χ0n) is 13.8. The van der Waals surface area contributed by atoms with Crippen LogP contribution in [0.3, 0.4) is 0 Å². The highest BCUT2D eigenvalue weighted by molar-refractivity contribution is 8.01. The van der Waals surface area contributed by atoms with Gasteiger partial charge >= 0.3 is 0 Å². The van der Waals surface area contributed by atoms with Crippen LogP contribution in [0.15, 0.2) is 71.3 Å². The van der Waals surface area contributed by atoms with Crippen LogP contribution in [-0.2, 0) is 11.3 Å². The summed E-state index contributed by atoms with van der Waals surface area (Å²) in [4.78, 5) is 16.7. The highest BCUT2D eigenvalue weighted by atomic mass is 32.2.